The largest absolute Gasteiger partial charge is 0.505 e. The van der Waals surface area contributed by atoms with Gasteiger partial charge in [-0.05, 0) is 12.1 Å². The molecule has 0 spiro atoms. The van der Waals surface area contributed by atoms with Crippen LogP contribution in [0.2, 0.25) is 0 Å². The lowest BCUT2D eigenvalue weighted by atomic mass is 10.2. The molecule has 1 aliphatic heterocycles. The third kappa shape index (κ3) is 1.44. The van der Waals surface area contributed by atoms with Crippen molar-refractivity contribution in [2.24, 2.45) is 4.99 Å². The number of aliphatic imine (C=N–C) groups is 1. The first-order valence-electron chi connectivity index (χ1n) is 4.80. The van der Waals surface area contributed by atoms with Gasteiger partial charge in [0.05, 0.1) is 5.71 Å². The Kier molecular flexibility index (Phi) is 2.22. The van der Waals surface area contributed by atoms with Crippen molar-refractivity contribution >= 4 is 44.9 Å². The van der Waals surface area contributed by atoms with E-state index < -0.39 is 0 Å². The van der Waals surface area contributed by atoms with Crippen LogP contribution in [0.25, 0.3) is 10.9 Å². The standard InChI is InChI=1S/C11H8N2OS2/c14-10-6-3-1-2-4-7(6)12-9(10)8-5-16-11(15)13-8/h1-4,12,14H,5H2. The summed E-state index contributed by atoms with van der Waals surface area (Å²) >= 11 is 6.52. The minimum atomic E-state index is 0.264. The Bertz CT molecular complexity index is 615. The number of benzene rings is 1. The number of hydrogen-bond acceptors (Lipinski definition) is 3. The smallest absolute Gasteiger partial charge is 0.160 e. The summed E-state index contributed by atoms with van der Waals surface area (Å²) in [6.07, 6.45) is 0. The van der Waals surface area contributed by atoms with Gasteiger partial charge in [-0.15, -0.1) is 0 Å². The molecule has 0 unspecified atom stereocenters. The SMILES string of the molecule is Oc1c(C2=NC(=S)SC2)[nH]c2ccccc12. The van der Waals surface area contributed by atoms with E-state index in [-0.39, 0.29) is 5.75 Å². The Morgan fingerprint density at radius 2 is 2.19 bits per heavy atom. The highest BCUT2D eigenvalue weighted by Gasteiger charge is 2.20. The molecule has 2 aromatic rings. The van der Waals surface area contributed by atoms with E-state index >= 15 is 0 Å². The average molecular weight is 248 g/mol. The van der Waals surface area contributed by atoms with Gasteiger partial charge in [0.25, 0.3) is 0 Å². The average Bonchev–Trinajstić information content (AvgIpc) is 2.84. The van der Waals surface area contributed by atoms with E-state index in [0.29, 0.717) is 10.0 Å². The third-order valence-electron chi connectivity index (χ3n) is 2.53. The maximum atomic E-state index is 10.1. The molecule has 1 aliphatic rings. The Morgan fingerprint density at radius 3 is 2.88 bits per heavy atom. The highest BCUT2D eigenvalue weighted by atomic mass is 32.2. The monoisotopic (exact) mass is 248 g/mol. The number of fused-ring (bicyclic) bond motifs is 1. The van der Waals surface area contributed by atoms with Gasteiger partial charge in [-0.3, -0.25) is 0 Å². The normalized spacial score (nSPS) is 15.8. The van der Waals surface area contributed by atoms with Crippen molar-refractivity contribution in [3.05, 3.63) is 30.0 Å². The summed E-state index contributed by atoms with van der Waals surface area (Å²) in [5, 5.41) is 10.9. The molecule has 16 heavy (non-hydrogen) atoms. The molecule has 0 radical (unpaired) electrons. The fourth-order valence-corrected chi connectivity index (χ4v) is 2.70. The Labute approximate surface area is 102 Å². The van der Waals surface area contributed by atoms with Gasteiger partial charge in [0, 0.05) is 16.7 Å². The molecule has 0 fully saturated rings. The van der Waals surface area contributed by atoms with Gasteiger partial charge in [-0.1, -0.05) is 36.1 Å². The summed E-state index contributed by atoms with van der Waals surface area (Å²) in [6, 6.07) is 7.64. The summed E-state index contributed by atoms with van der Waals surface area (Å²) in [5.74, 6) is 0.985. The molecule has 1 aromatic heterocycles. The van der Waals surface area contributed by atoms with Gasteiger partial charge in [0.1, 0.15) is 11.4 Å². The molecule has 1 aromatic carbocycles. The van der Waals surface area contributed by atoms with Crippen LogP contribution in [0.15, 0.2) is 29.3 Å². The number of nitrogens with one attached hydrogen (secondary N) is 1. The number of thioether (sulfide) groups is 1. The predicted octanol–water partition coefficient (Wildman–Crippen LogP) is 2.69. The second kappa shape index (κ2) is 3.61. The zero-order chi connectivity index (χ0) is 11.1. The minimum Gasteiger partial charge on any atom is -0.505 e. The maximum absolute atomic E-state index is 10.1. The molecule has 3 nitrogen and oxygen atoms in total. The van der Waals surface area contributed by atoms with E-state index in [4.69, 9.17) is 12.2 Å². The van der Waals surface area contributed by atoms with Crippen molar-refractivity contribution in [1.29, 1.82) is 0 Å². The molecule has 2 heterocycles. The van der Waals surface area contributed by atoms with Crippen LogP contribution in [0.1, 0.15) is 5.69 Å². The predicted molar refractivity (Wildman–Crippen MR) is 71.6 cm³/mol. The molecule has 0 bridgehead atoms. The number of rotatable bonds is 1. The first-order chi connectivity index (χ1) is 7.75. The van der Waals surface area contributed by atoms with Crippen LogP contribution in [0.5, 0.6) is 5.75 Å². The van der Waals surface area contributed by atoms with E-state index in [1.54, 1.807) is 0 Å². The van der Waals surface area contributed by atoms with E-state index in [0.717, 1.165) is 22.4 Å². The van der Waals surface area contributed by atoms with Crippen LogP contribution in [-0.2, 0) is 0 Å². The van der Waals surface area contributed by atoms with E-state index in [9.17, 15) is 5.11 Å². The van der Waals surface area contributed by atoms with Crippen molar-refractivity contribution in [2.45, 2.75) is 0 Å². The first kappa shape index (κ1) is 9.86. The number of aromatic amines is 1. The summed E-state index contributed by atoms with van der Waals surface area (Å²) in [7, 11) is 0. The zero-order valence-corrected chi connectivity index (χ0v) is 9.86. The first-order valence-corrected chi connectivity index (χ1v) is 6.19. The maximum Gasteiger partial charge on any atom is 0.160 e. The lowest BCUT2D eigenvalue weighted by molar-refractivity contribution is 0.480. The van der Waals surface area contributed by atoms with Gasteiger partial charge in [-0.25, -0.2) is 4.99 Å². The van der Waals surface area contributed by atoms with E-state index in [2.05, 4.69) is 9.98 Å². The number of para-hydroxylation sites is 1. The highest BCUT2D eigenvalue weighted by Crippen LogP contribution is 2.31. The molecule has 2 N–H and O–H groups in total. The van der Waals surface area contributed by atoms with Crippen LogP contribution < -0.4 is 0 Å². The summed E-state index contributed by atoms with van der Waals surface area (Å²) in [6.45, 7) is 0. The van der Waals surface area contributed by atoms with Crippen molar-refractivity contribution in [3.8, 4) is 5.75 Å². The quantitative estimate of drug-likeness (QED) is 0.763. The van der Waals surface area contributed by atoms with Crippen LogP contribution in [0.3, 0.4) is 0 Å². The number of thiocarbonyl (C=S) groups is 1. The Morgan fingerprint density at radius 1 is 1.38 bits per heavy atom. The van der Waals surface area contributed by atoms with Gasteiger partial charge < -0.3 is 10.1 Å². The van der Waals surface area contributed by atoms with Gasteiger partial charge >= 0.3 is 0 Å². The molecule has 0 saturated heterocycles. The molecule has 5 heteroatoms. The van der Waals surface area contributed by atoms with Crippen molar-refractivity contribution in [2.75, 3.05) is 5.75 Å². The highest BCUT2D eigenvalue weighted by molar-refractivity contribution is 8.23. The Balaban J connectivity index is 2.21. The van der Waals surface area contributed by atoms with Crippen LogP contribution >= 0.6 is 24.0 Å². The summed E-state index contributed by atoms with van der Waals surface area (Å²) in [5.41, 5.74) is 2.43. The number of H-pyrrole nitrogens is 1. The molecule has 0 saturated carbocycles. The van der Waals surface area contributed by atoms with Crippen LogP contribution in [0, 0.1) is 0 Å². The second-order valence-electron chi connectivity index (χ2n) is 3.51. The molecular formula is C11H8N2OS2. The van der Waals surface area contributed by atoms with Crippen molar-refractivity contribution < 1.29 is 5.11 Å². The summed E-state index contributed by atoms with van der Waals surface area (Å²) < 4.78 is 0.632. The Hall–Kier alpha value is -1.33. The van der Waals surface area contributed by atoms with Gasteiger partial charge in [0.2, 0.25) is 0 Å². The number of hydrogen-bond donors (Lipinski definition) is 2. The number of aromatic hydroxyl groups is 1. The fraction of sp³-hybridized carbons (Fsp3) is 0.0909. The summed E-state index contributed by atoms with van der Waals surface area (Å²) in [4.78, 5) is 7.41. The lowest BCUT2D eigenvalue weighted by Crippen LogP contribution is -2.00. The topological polar surface area (TPSA) is 48.4 Å². The molecule has 0 aliphatic carbocycles. The van der Waals surface area contributed by atoms with Crippen LogP contribution in [0.4, 0.5) is 0 Å². The molecule has 0 amide bonds. The number of aromatic nitrogens is 1. The van der Waals surface area contributed by atoms with Crippen LogP contribution in [-0.4, -0.2) is 25.9 Å². The fourth-order valence-electron chi connectivity index (χ4n) is 1.77. The third-order valence-corrected chi connectivity index (χ3v) is 3.73. The van der Waals surface area contributed by atoms with Gasteiger partial charge in [-0.2, -0.15) is 0 Å². The van der Waals surface area contributed by atoms with Crippen molar-refractivity contribution in [1.82, 2.24) is 4.98 Å². The van der Waals surface area contributed by atoms with E-state index in [1.165, 1.54) is 11.8 Å². The molecule has 0 atom stereocenters. The molecular weight excluding hydrogens is 240 g/mol. The zero-order valence-electron chi connectivity index (χ0n) is 8.23. The minimum absolute atomic E-state index is 0.264. The molecule has 3 rings (SSSR count). The van der Waals surface area contributed by atoms with E-state index in [1.807, 2.05) is 24.3 Å². The lowest BCUT2D eigenvalue weighted by Gasteiger charge is -1.95. The molecule has 80 valence electrons. The van der Waals surface area contributed by atoms with Crippen molar-refractivity contribution in [3.63, 3.8) is 0 Å². The van der Waals surface area contributed by atoms with Gasteiger partial charge in [0.15, 0.2) is 4.32 Å². The second-order valence-corrected chi connectivity index (χ2v) is 5.12. The number of nitrogens with zero attached hydrogens (tertiary/aromatic N) is 1.